The number of hydrogen-bond donors (Lipinski definition) is 3. The molecule has 3 rings (SSSR count). The lowest BCUT2D eigenvalue weighted by Crippen LogP contribution is -2.49. The number of aliphatic hydroxyl groups is 2. The first-order valence-electron chi connectivity index (χ1n) is 11.5. The van der Waals surface area contributed by atoms with Crippen molar-refractivity contribution in [1.82, 2.24) is 15.2 Å². The normalized spacial score (nSPS) is 21.9. The number of nitrogens with zero attached hydrogens (tertiary/aromatic N) is 3. The van der Waals surface area contributed by atoms with Gasteiger partial charge >= 0.3 is 5.97 Å². The van der Waals surface area contributed by atoms with Crippen molar-refractivity contribution in [3.05, 3.63) is 51.9 Å². The monoisotopic (exact) mass is 454 g/mol. The summed E-state index contributed by atoms with van der Waals surface area (Å²) in [7, 11) is 0. The molecule has 33 heavy (non-hydrogen) atoms. The highest BCUT2D eigenvalue weighted by atomic mass is 16.5. The van der Waals surface area contributed by atoms with Gasteiger partial charge in [0.2, 0.25) is 0 Å². The van der Waals surface area contributed by atoms with E-state index in [4.69, 9.17) is 10.00 Å². The molecule has 8 heteroatoms. The number of β-amino-alcohol motifs (C(OH)–C–C–N with tert-alkyl or cyclic N) is 1. The number of hydrogen-bond acceptors (Lipinski definition) is 8. The summed E-state index contributed by atoms with van der Waals surface area (Å²) in [5, 5.41) is 33.5. The Morgan fingerprint density at radius 2 is 2.15 bits per heavy atom. The Balaban J connectivity index is 1.55. The van der Waals surface area contributed by atoms with E-state index in [-0.39, 0.29) is 18.6 Å². The quantitative estimate of drug-likeness (QED) is 0.485. The lowest BCUT2D eigenvalue weighted by Gasteiger charge is -2.37. The number of nitriles is 1. The molecular weight excluding hydrogens is 420 g/mol. The van der Waals surface area contributed by atoms with E-state index >= 15 is 0 Å². The van der Waals surface area contributed by atoms with Crippen LogP contribution in [0.3, 0.4) is 0 Å². The van der Waals surface area contributed by atoms with Crippen LogP contribution in [0.2, 0.25) is 0 Å². The number of likely N-dealkylation sites (tertiary alicyclic amines) is 1. The fourth-order valence-electron chi connectivity index (χ4n) is 4.41. The highest BCUT2D eigenvalue weighted by Gasteiger charge is 2.27. The van der Waals surface area contributed by atoms with E-state index in [0.29, 0.717) is 36.5 Å². The van der Waals surface area contributed by atoms with Crippen LogP contribution < -0.4 is 5.32 Å². The van der Waals surface area contributed by atoms with Crippen molar-refractivity contribution in [3.8, 4) is 6.07 Å². The average molecular weight is 455 g/mol. The van der Waals surface area contributed by atoms with Gasteiger partial charge in [0.15, 0.2) is 0 Å². The molecule has 0 saturated carbocycles. The van der Waals surface area contributed by atoms with Crippen molar-refractivity contribution in [3.63, 3.8) is 0 Å². The number of pyridine rings is 1. The van der Waals surface area contributed by atoms with Crippen LogP contribution in [-0.2, 0) is 9.53 Å². The summed E-state index contributed by atoms with van der Waals surface area (Å²) >= 11 is 0. The molecule has 1 aromatic rings. The highest BCUT2D eigenvalue weighted by molar-refractivity contribution is 5.92. The van der Waals surface area contributed by atoms with E-state index in [0.717, 1.165) is 42.5 Å². The summed E-state index contributed by atoms with van der Waals surface area (Å²) in [6.07, 6.45) is 3.34. The molecule has 3 atom stereocenters. The Morgan fingerprint density at radius 1 is 1.36 bits per heavy atom. The van der Waals surface area contributed by atoms with Crippen molar-refractivity contribution in [1.29, 1.82) is 5.26 Å². The molecule has 1 saturated heterocycles. The van der Waals surface area contributed by atoms with Crippen LogP contribution in [0, 0.1) is 11.3 Å². The predicted octanol–water partition coefficient (Wildman–Crippen LogP) is 2.00. The van der Waals surface area contributed by atoms with Crippen LogP contribution in [0.5, 0.6) is 0 Å². The molecule has 0 aliphatic carbocycles. The zero-order valence-corrected chi connectivity index (χ0v) is 19.7. The Bertz CT molecular complexity index is 948. The second kappa shape index (κ2) is 11.5. The third kappa shape index (κ3) is 6.27. The Kier molecular flexibility index (Phi) is 8.75. The van der Waals surface area contributed by atoms with Crippen LogP contribution in [0.15, 0.2) is 40.6 Å². The maximum absolute atomic E-state index is 11.7. The molecule has 3 heterocycles. The van der Waals surface area contributed by atoms with E-state index < -0.39 is 12.2 Å². The van der Waals surface area contributed by atoms with Gasteiger partial charge in [-0.15, -0.1) is 0 Å². The van der Waals surface area contributed by atoms with Crippen LogP contribution >= 0.6 is 0 Å². The maximum Gasteiger partial charge on any atom is 0.334 e. The van der Waals surface area contributed by atoms with Crippen LogP contribution in [-0.4, -0.2) is 71.0 Å². The summed E-state index contributed by atoms with van der Waals surface area (Å²) in [4.78, 5) is 18.2. The van der Waals surface area contributed by atoms with E-state index in [1.54, 1.807) is 19.1 Å². The van der Waals surface area contributed by atoms with Gasteiger partial charge in [0, 0.05) is 43.0 Å². The number of cyclic esters (lactones) is 1. The number of piperidine rings is 1. The zero-order valence-electron chi connectivity index (χ0n) is 19.7. The number of aliphatic hydroxyl groups excluding tert-OH is 2. The Labute approximate surface area is 195 Å². The summed E-state index contributed by atoms with van der Waals surface area (Å²) in [6.45, 7) is 8.40. The van der Waals surface area contributed by atoms with Crippen LogP contribution in [0.1, 0.15) is 57.4 Å². The molecule has 2 aliphatic heterocycles. The molecule has 0 radical (unpaired) electrons. The Hall–Kier alpha value is -2.57. The first-order chi connectivity index (χ1) is 15.8. The van der Waals surface area contributed by atoms with Gasteiger partial charge in [-0.1, -0.05) is 6.42 Å². The minimum atomic E-state index is -0.749. The standard InChI is InChI=1S/C25H34N4O4/c1-16(21-15-33-25(32)18(21)3)17(2)24(31)14-29-9-5-4-6-20(29)12-27-13-23(30)22-8-7-19(10-26)11-28-22/h7-8,11,20,23-24,27,30-31H,4-6,9,12-15H2,1-3H3/b17-16+. The molecule has 0 amide bonds. The van der Waals surface area contributed by atoms with E-state index in [9.17, 15) is 15.0 Å². The predicted molar refractivity (Wildman–Crippen MR) is 124 cm³/mol. The third-order valence-electron chi connectivity index (χ3n) is 6.78. The number of carbonyl (C=O) groups excluding carboxylic acids is 1. The van der Waals surface area contributed by atoms with Gasteiger partial charge in [0.05, 0.1) is 17.4 Å². The minimum absolute atomic E-state index is 0.264. The topological polar surface area (TPSA) is 119 Å². The average Bonchev–Trinajstić information content (AvgIpc) is 3.17. The summed E-state index contributed by atoms with van der Waals surface area (Å²) in [5.41, 5.74) is 4.28. The first-order valence-corrected chi connectivity index (χ1v) is 11.5. The van der Waals surface area contributed by atoms with E-state index in [2.05, 4.69) is 15.2 Å². The molecule has 1 fully saturated rings. The minimum Gasteiger partial charge on any atom is -0.457 e. The third-order valence-corrected chi connectivity index (χ3v) is 6.78. The van der Waals surface area contributed by atoms with E-state index in [1.165, 1.54) is 6.20 Å². The van der Waals surface area contributed by atoms with Crippen LogP contribution in [0.25, 0.3) is 0 Å². The molecule has 1 aromatic heterocycles. The van der Waals surface area contributed by atoms with Gasteiger partial charge in [-0.3, -0.25) is 9.88 Å². The van der Waals surface area contributed by atoms with Crippen LogP contribution in [0.4, 0.5) is 0 Å². The van der Waals surface area contributed by atoms with Crippen molar-refractivity contribution in [2.75, 3.05) is 32.8 Å². The molecule has 8 nitrogen and oxygen atoms in total. The Morgan fingerprint density at radius 3 is 2.79 bits per heavy atom. The van der Waals surface area contributed by atoms with Crippen molar-refractivity contribution < 1.29 is 19.7 Å². The molecule has 178 valence electrons. The van der Waals surface area contributed by atoms with Gasteiger partial charge in [-0.2, -0.15) is 5.26 Å². The number of ether oxygens (including phenoxy) is 1. The number of esters is 1. The second-order valence-electron chi connectivity index (χ2n) is 8.91. The van der Waals surface area contributed by atoms with Crippen molar-refractivity contribution in [2.45, 2.75) is 58.3 Å². The van der Waals surface area contributed by atoms with Gasteiger partial charge in [0.25, 0.3) is 0 Å². The van der Waals surface area contributed by atoms with Gasteiger partial charge < -0.3 is 20.3 Å². The number of aromatic nitrogens is 1. The number of carbonyl (C=O) groups is 1. The van der Waals surface area contributed by atoms with Gasteiger partial charge in [0.1, 0.15) is 18.8 Å². The number of nitrogens with one attached hydrogen (secondary N) is 1. The SMILES string of the molecule is CC1=C(/C(C)=C(\C)C(O)CN2CCCCC2CNCC(O)c2ccc(C#N)cn2)COC1=O. The number of rotatable bonds is 9. The molecule has 3 N–H and O–H groups in total. The summed E-state index contributed by atoms with van der Waals surface area (Å²) in [6, 6.07) is 5.61. The molecular formula is C25H34N4O4. The smallest absolute Gasteiger partial charge is 0.334 e. The summed E-state index contributed by atoms with van der Waals surface area (Å²) in [5.74, 6) is -0.285. The highest BCUT2D eigenvalue weighted by Crippen LogP contribution is 2.27. The fraction of sp³-hybridized carbons (Fsp3) is 0.560. The van der Waals surface area contributed by atoms with Gasteiger partial charge in [-0.05, 0) is 63.4 Å². The maximum atomic E-state index is 11.7. The lowest BCUT2D eigenvalue weighted by atomic mass is 9.95. The molecule has 2 aliphatic rings. The van der Waals surface area contributed by atoms with E-state index in [1.807, 2.05) is 19.9 Å². The van der Waals surface area contributed by atoms with Crippen molar-refractivity contribution >= 4 is 5.97 Å². The fourth-order valence-corrected chi connectivity index (χ4v) is 4.41. The zero-order chi connectivity index (χ0) is 24.0. The molecule has 3 unspecified atom stereocenters. The first kappa shape index (κ1) is 25.1. The van der Waals surface area contributed by atoms with Crippen molar-refractivity contribution in [2.24, 2.45) is 0 Å². The molecule has 0 spiro atoms. The van der Waals surface area contributed by atoms with Gasteiger partial charge in [-0.25, -0.2) is 4.79 Å². The largest absolute Gasteiger partial charge is 0.457 e. The second-order valence-corrected chi connectivity index (χ2v) is 8.91. The molecule has 0 bridgehead atoms. The lowest BCUT2D eigenvalue weighted by molar-refractivity contribution is -0.135. The molecule has 0 aromatic carbocycles. The summed E-state index contributed by atoms with van der Waals surface area (Å²) < 4.78 is 5.12.